The quantitative estimate of drug-likeness (QED) is 0.464. The number of hydrogen-bond acceptors (Lipinski definition) is 5. The van der Waals surface area contributed by atoms with E-state index in [4.69, 9.17) is 21.1 Å². The maximum absolute atomic E-state index is 12.7. The molecule has 1 aliphatic heterocycles. The number of esters is 1. The van der Waals surface area contributed by atoms with E-state index in [1.807, 2.05) is 0 Å². The molecule has 0 aliphatic carbocycles. The molecule has 1 aliphatic rings. The molecular formula is C18H16ClNO5. The van der Waals surface area contributed by atoms with E-state index in [2.05, 4.69) is 0 Å². The standard InChI is InChI=1S/C18H16ClNO5/c1-2-24-18(21)17-13-9-11(19)7-8-16(13)25-15-6-4-3-5-12(15)14(17)10-20(22)23/h3-9,14,17H,2,10H2,1H3/t14-,17-/m1/s1. The van der Waals surface area contributed by atoms with Crippen LogP contribution in [-0.2, 0) is 9.53 Å². The van der Waals surface area contributed by atoms with Gasteiger partial charge in [-0.05, 0) is 31.2 Å². The van der Waals surface area contributed by atoms with Gasteiger partial charge in [0.05, 0.1) is 18.4 Å². The lowest BCUT2D eigenvalue weighted by Gasteiger charge is -2.22. The minimum atomic E-state index is -0.873. The summed E-state index contributed by atoms with van der Waals surface area (Å²) in [7, 11) is 0. The maximum Gasteiger partial charge on any atom is 0.314 e. The number of rotatable bonds is 4. The van der Waals surface area contributed by atoms with Gasteiger partial charge in [-0.1, -0.05) is 29.8 Å². The van der Waals surface area contributed by atoms with Crippen LogP contribution < -0.4 is 4.74 Å². The Balaban J connectivity index is 2.23. The molecule has 0 bridgehead atoms. The third-order valence-corrected chi connectivity index (χ3v) is 4.37. The molecule has 0 saturated carbocycles. The van der Waals surface area contributed by atoms with Crippen LogP contribution in [0.2, 0.25) is 5.02 Å². The number of carbonyl (C=O) groups is 1. The molecule has 0 radical (unpaired) electrons. The summed E-state index contributed by atoms with van der Waals surface area (Å²) in [6.45, 7) is 1.45. The monoisotopic (exact) mass is 361 g/mol. The number of carbonyl (C=O) groups excluding carboxylic acids is 1. The van der Waals surface area contributed by atoms with Crippen molar-refractivity contribution in [3.63, 3.8) is 0 Å². The lowest BCUT2D eigenvalue weighted by molar-refractivity contribution is -0.483. The van der Waals surface area contributed by atoms with Crippen molar-refractivity contribution in [2.45, 2.75) is 18.8 Å². The summed E-state index contributed by atoms with van der Waals surface area (Å²) >= 11 is 6.10. The van der Waals surface area contributed by atoms with Gasteiger partial charge in [0.1, 0.15) is 11.5 Å². The third-order valence-electron chi connectivity index (χ3n) is 4.13. The van der Waals surface area contributed by atoms with Crippen molar-refractivity contribution < 1.29 is 19.2 Å². The zero-order valence-corrected chi connectivity index (χ0v) is 14.2. The fourth-order valence-electron chi connectivity index (χ4n) is 3.14. The Bertz CT molecular complexity index is 823. The molecule has 0 amide bonds. The van der Waals surface area contributed by atoms with E-state index in [9.17, 15) is 14.9 Å². The predicted octanol–water partition coefficient (Wildman–Crippen LogP) is 4.15. The van der Waals surface area contributed by atoms with Crippen molar-refractivity contribution in [3.05, 3.63) is 68.7 Å². The fourth-order valence-corrected chi connectivity index (χ4v) is 3.32. The van der Waals surface area contributed by atoms with Crippen LogP contribution in [-0.4, -0.2) is 24.0 Å². The van der Waals surface area contributed by atoms with Gasteiger partial charge in [-0.3, -0.25) is 14.9 Å². The summed E-state index contributed by atoms with van der Waals surface area (Å²) in [6.07, 6.45) is 0. The smallest absolute Gasteiger partial charge is 0.314 e. The van der Waals surface area contributed by atoms with E-state index in [-0.39, 0.29) is 6.61 Å². The van der Waals surface area contributed by atoms with Gasteiger partial charge >= 0.3 is 5.97 Å². The first kappa shape index (κ1) is 17.2. The largest absolute Gasteiger partial charge is 0.465 e. The third kappa shape index (κ3) is 3.44. The lowest BCUT2D eigenvalue weighted by atomic mass is 9.81. The molecule has 130 valence electrons. The SMILES string of the molecule is CCOC(=O)[C@@H]1c2cc(Cl)ccc2Oc2ccccc2[C@H]1C[N+](=O)[O-]. The minimum absolute atomic E-state index is 0.179. The van der Waals surface area contributed by atoms with E-state index in [1.54, 1.807) is 49.4 Å². The molecule has 25 heavy (non-hydrogen) atoms. The topological polar surface area (TPSA) is 78.7 Å². The number of ether oxygens (including phenoxy) is 2. The Morgan fingerprint density at radius 2 is 1.96 bits per heavy atom. The average molecular weight is 362 g/mol. The molecule has 1 heterocycles. The van der Waals surface area contributed by atoms with Gasteiger partial charge in [0.2, 0.25) is 6.54 Å². The number of benzene rings is 2. The van der Waals surface area contributed by atoms with Gasteiger partial charge in [0, 0.05) is 21.1 Å². The van der Waals surface area contributed by atoms with Crippen LogP contribution in [0.4, 0.5) is 0 Å². The van der Waals surface area contributed by atoms with Gasteiger partial charge in [-0.25, -0.2) is 0 Å². The molecule has 0 unspecified atom stereocenters. The summed E-state index contributed by atoms with van der Waals surface area (Å²) in [5.41, 5.74) is 1.10. The van der Waals surface area contributed by atoms with Crippen LogP contribution in [0.1, 0.15) is 29.9 Å². The Labute approximate surface area is 149 Å². The van der Waals surface area contributed by atoms with Crippen LogP contribution in [0, 0.1) is 10.1 Å². The molecule has 0 saturated heterocycles. The van der Waals surface area contributed by atoms with Gasteiger partial charge < -0.3 is 9.47 Å². The number of nitrogens with zero attached hydrogens (tertiary/aromatic N) is 1. The first-order chi connectivity index (χ1) is 12.0. The molecule has 0 fully saturated rings. The number of hydrogen-bond donors (Lipinski definition) is 0. The highest BCUT2D eigenvalue weighted by Crippen LogP contribution is 2.47. The van der Waals surface area contributed by atoms with E-state index < -0.39 is 29.3 Å². The van der Waals surface area contributed by atoms with Crippen molar-refractivity contribution in [2.75, 3.05) is 13.2 Å². The first-order valence-electron chi connectivity index (χ1n) is 7.86. The van der Waals surface area contributed by atoms with Crippen LogP contribution in [0.5, 0.6) is 11.5 Å². The number of nitro groups is 1. The highest BCUT2D eigenvalue weighted by molar-refractivity contribution is 6.30. The van der Waals surface area contributed by atoms with Gasteiger partial charge in [0.25, 0.3) is 0 Å². The highest BCUT2D eigenvalue weighted by atomic mass is 35.5. The van der Waals surface area contributed by atoms with E-state index in [0.29, 0.717) is 27.6 Å². The molecule has 2 aromatic rings. The first-order valence-corrected chi connectivity index (χ1v) is 8.23. The Morgan fingerprint density at radius 3 is 2.68 bits per heavy atom. The summed E-state index contributed by atoms with van der Waals surface area (Å²) in [5, 5.41) is 11.7. The highest BCUT2D eigenvalue weighted by Gasteiger charge is 2.41. The van der Waals surface area contributed by atoms with Crippen molar-refractivity contribution in [1.82, 2.24) is 0 Å². The molecule has 0 N–H and O–H groups in total. The molecule has 0 spiro atoms. The Hall–Kier alpha value is -2.60. The number of fused-ring (bicyclic) bond motifs is 2. The second kappa shape index (κ2) is 7.11. The van der Waals surface area contributed by atoms with Gasteiger partial charge in [-0.2, -0.15) is 0 Å². The average Bonchev–Trinajstić information content (AvgIpc) is 2.69. The van der Waals surface area contributed by atoms with Gasteiger partial charge in [-0.15, -0.1) is 0 Å². The second-order valence-corrected chi connectivity index (χ2v) is 6.11. The van der Waals surface area contributed by atoms with E-state index in [1.165, 1.54) is 0 Å². The van der Waals surface area contributed by atoms with E-state index >= 15 is 0 Å². The Kier molecular flexibility index (Phi) is 4.90. The number of halogens is 1. The summed E-state index contributed by atoms with van der Waals surface area (Å²) < 4.78 is 11.1. The van der Waals surface area contributed by atoms with Crippen molar-refractivity contribution in [1.29, 1.82) is 0 Å². The zero-order chi connectivity index (χ0) is 18.0. The predicted molar refractivity (Wildman–Crippen MR) is 91.9 cm³/mol. The van der Waals surface area contributed by atoms with Crippen molar-refractivity contribution in [2.24, 2.45) is 0 Å². The Morgan fingerprint density at radius 1 is 1.24 bits per heavy atom. The maximum atomic E-state index is 12.7. The molecule has 7 heteroatoms. The lowest BCUT2D eigenvalue weighted by Crippen LogP contribution is -2.27. The van der Waals surface area contributed by atoms with Crippen LogP contribution in [0.3, 0.4) is 0 Å². The van der Waals surface area contributed by atoms with Gasteiger partial charge in [0.15, 0.2) is 0 Å². The van der Waals surface area contributed by atoms with Crippen molar-refractivity contribution >= 4 is 17.6 Å². The fraction of sp³-hybridized carbons (Fsp3) is 0.278. The van der Waals surface area contributed by atoms with Crippen molar-refractivity contribution in [3.8, 4) is 11.5 Å². The summed E-state index contributed by atoms with van der Waals surface area (Å²) in [6, 6.07) is 11.9. The molecule has 2 aromatic carbocycles. The minimum Gasteiger partial charge on any atom is -0.465 e. The van der Waals surface area contributed by atoms with Crippen LogP contribution >= 0.6 is 11.6 Å². The molecule has 0 aromatic heterocycles. The molecular weight excluding hydrogens is 346 g/mol. The van der Waals surface area contributed by atoms with Crippen LogP contribution in [0.25, 0.3) is 0 Å². The summed E-state index contributed by atoms with van der Waals surface area (Å²) in [4.78, 5) is 23.5. The number of para-hydroxylation sites is 1. The van der Waals surface area contributed by atoms with Crippen LogP contribution in [0.15, 0.2) is 42.5 Å². The second-order valence-electron chi connectivity index (χ2n) is 5.67. The molecule has 2 atom stereocenters. The molecule has 6 nitrogen and oxygen atoms in total. The normalized spacial score (nSPS) is 18.3. The molecule has 3 rings (SSSR count). The zero-order valence-electron chi connectivity index (χ0n) is 13.5. The van der Waals surface area contributed by atoms with E-state index in [0.717, 1.165) is 0 Å². The summed E-state index contributed by atoms with van der Waals surface area (Å²) in [5.74, 6) is -1.18.